The van der Waals surface area contributed by atoms with Gasteiger partial charge in [0, 0.05) is 12.3 Å². The number of hydrogen-bond acceptors (Lipinski definition) is 0. The van der Waals surface area contributed by atoms with Gasteiger partial charge in [0.25, 0.3) is 0 Å². The van der Waals surface area contributed by atoms with Gasteiger partial charge in [-0.15, -0.1) is 5.92 Å². The highest BCUT2D eigenvalue weighted by Crippen LogP contribution is 2.15. The van der Waals surface area contributed by atoms with Gasteiger partial charge in [-0.1, -0.05) is 31.9 Å². The van der Waals surface area contributed by atoms with Crippen LogP contribution in [0.3, 0.4) is 0 Å². The number of benzene rings is 1. The van der Waals surface area contributed by atoms with Gasteiger partial charge in [-0.3, -0.25) is 0 Å². The zero-order valence-corrected chi connectivity index (χ0v) is 8.98. The molecule has 1 aromatic rings. The van der Waals surface area contributed by atoms with Crippen LogP contribution in [-0.2, 0) is 6.42 Å². The summed E-state index contributed by atoms with van der Waals surface area (Å²) in [6, 6.07) is 4.25. The minimum absolute atomic E-state index is 0.0567. The summed E-state index contributed by atoms with van der Waals surface area (Å²) < 4.78 is 26.1. The second-order valence-electron chi connectivity index (χ2n) is 3.49. The summed E-state index contributed by atoms with van der Waals surface area (Å²) in [4.78, 5) is 0. The lowest BCUT2D eigenvalue weighted by Gasteiger charge is -2.05. The Balaban J connectivity index is 2.76. The summed E-state index contributed by atoms with van der Waals surface area (Å²) in [5.41, 5.74) is 0.396. The standard InChI is InChI=1S/C13H14F2/c1-3-4-6-10(2)9-11-7-5-8-12(14)13(11)15/h5,7-8,10H,3,9H2,1-2H3. The SMILES string of the molecule is CCC#CC(C)Cc1cccc(F)c1F. The van der Waals surface area contributed by atoms with Gasteiger partial charge in [0.2, 0.25) is 0 Å². The fourth-order valence-electron chi connectivity index (χ4n) is 1.36. The third kappa shape index (κ3) is 3.36. The lowest BCUT2D eigenvalue weighted by molar-refractivity contribution is 0.494. The van der Waals surface area contributed by atoms with Gasteiger partial charge in [-0.2, -0.15) is 0 Å². The molecule has 0 saturated heterocycles. The Morgan fingerprint density at radius 2 is 2.07 bits per heavy atom. The first-order chi connectivity index (χ1) is 7.15. The Morgan fingerprint density at radius 3 is 2.73 bits per heavy atom. The van der Waals surface area contributed by atoms with Gasteiger partial charge in [-0.05, 0) is 18.1 Å². The van der Waals surface area contributed by atoms with E-state index in [4.69, 9.17) is 0 Å². The topological polar surface area (TPSA) is 0 Å². The minimum atomic E-state index is -0.789. The molecule has 0 N–H and O–H groups in total. The molecule has 1 unspecified atom stereocenters. The zero-order valence-electron chi connectivity index (χ0n) is 8.98. The van der Waals surface area contributed by atoms with E-state index in [0.717, 1.165) is 12.5 Å². The van der Waals surface area contributed by atoms with Crippen LogP contribution in [0.4, 0.5) is 8.78 Å². The van der Waals surface area contributed by atoms with Gasteiger partial charge in [0.15, 0.2) is 11.6 Å². The van der Waals surface area contributed by atoms with E-state index in [1.54, 1.807) is 6.07 Å². The molecule has 0 aliphatic carbocycles. The summed E-state index contributed by atoms with van der Waals surface area (Å²) in [5, 5.41) is 0. The highest BCUT2D eigenvalue weighted by atomic mass is 19.2. The summed E-state index contributed by atoms with van der Waals surface area (Å²) in [6.07, 6.45) is 1.24. The van der Waals surface area contributed by atoms with Crippen molar-refractivity contribution in [2.75, 3.05) is 0 Å². The van der Waals surface area contributed by atoms with E-state index in [0.29, 0.717) is 12.0 Å². The molecule has 0 fully saturated rings. The lowest BCUT2D eigenvalue weighted by Crippen LogP contribution is -2.01. The van der Waals surface area contributed by atoms with Gasteiger partial charge in [-0.25, -0.2) is 8.78 Å². The third-order valence-electron chi connectivity index (χ3n) is 2.08. The highest BCUT2D eigenvalue weighted by molar-refractivity contribution is 5.21. The van der Waals surface area contributed by atoms with Crippen molar-refractivity contribution in [3.05, 3.63) is 35.4 Å². The van der Waals surface area contributed by atoms with Gasteiger partial charge in [0.1, 0.15) is 0 Å². The van der Waals surface area contributed by atoms with E-state index < -0.39 is 11.6 Å². The van der Waals surface area contributed by atoms with Crippen LogP contribution in [0.25, 0.3) is 0 Å². The molecule has 0 nitrogen and oxygen atoms in total. The van der Waals surface area contributed by atoms with Crippen molar-refractivity contribution >= 4 is 0 Å². The predicted molar refractivity (Wildman–Crippen MR) is 57.3 cm³/mol. The summed E-state index contributed by atoms with van der Waals surface area (Å²) in [7, 11) is 0. The molecule has 15 heavy (non-hydrogen) atoms. The molecule has 1 rings (SSSR count). The quantitative estimate of drug-likeness (QED) is 0.652. The van der Waals surface area contributed by atoms with E-state index in [2.05, 4.69) is 11.8 Å². The van der Waals surface area contributed by atoms with Crippen LogP contribution in [0.1, 0.15) is 25.8 Å². The Hall–Kier alpha value is -1.36. The van der Waals surface area contributed by atoms with Crippen LogP contribution in [0.5, 0.6) is 0 Å². The minimum Gasteiger partial charge on any atom is -0.204 e. The second-order valence-corrected chi connectivity index (χ2v) is 3.49. The van der Waals surface area contributed by atoms with Gasteiger partial charge in [0.05, 0.1) is 0 Å². The Labute approximate surface area is 89.3 Å². The van der Waals surface area contributed by atoms with E-state index in [1.165, 1.54) is 6.07 Å². The van der Waals surface area contributed by atoms with Crippen LogP contribution in [0.2, 0.25) is 0 Å². The zero-order chi connectivity index (χ0) is 11.3. The average molecular weight is 208 g/mol. The Bertz CT molecular complexity index is 385. The van der Waals surface area contributed by atoms with E-state index in [-0.39, 0.29) is 5.92 Å². The second kappa shape index (κ2) is 5.50. The molecule has 0 aliphatic heterocycles. The summed E-state index contributed by atoms with van der Waals surface area (Å²) in [6.45, 7) is 3.87. The molecule has 0 radical (unpaired) electrons. The normalized spacial score (nSPS) is 11.7. The molecule has 0 saturated carbocycles. The van der Waals surface area contributed by atoms with Crippen molar-refractivity contribution in [3.63, 3.8) is 0 Å². The molecule has 0 amide bonds. The van der Waals surface area contributed by atoms with Gasteiger partial charge < -0.3 is 0 Å². The maximum Gasteiger partial charge on any atom is 0.162 e. The van der Waals surface area contributed by atoms with Crippen LogP contribution < -0.4 is 0 Å². The molecule has 0 aromatic heterocycles. The molecule has 0 bridgehead atoms. The van der Waals surface area contributed by atoms with Crippen LogP contribution in [0.15, 0.2) is 18.2 Å². The van der Waals surface area contributed by atoms with E-state index in [1.807, 2.05) is 13.8 Å². The number of halogens is 2. The monoisotopic (exact) mass is 208 g/mol. The highest BCUT2D eigenvalue weighted by Gasteiger charge is 2.09. The fraction of sp³-hybridized carbons (Fsp3) is 0.385. The predicted octanol–water partition coefficient (Wildman–Crippen LogP) is 3.56. The summed E-state index contributed by atoms with van der Waals surface area (Å²) in [5.74, 6) is 4.44. The van der Waals surface area contributed by atoms with E-state index in [9.17, 15) is 8.78 Å². The Kier molecular flexibility index (Phi) is 4.30. The van der Waals surface area contributed by atoms with Crippen molar-refractivity contribution in [3.8, 4) is 11.8 Å². The van der Waals surface area contributed by atoms with E-state index >= 15 is 0 Å². The number of hydrogen-bond donors (Lipinski definition) is 0. The van der Waals surface area contributed by atoms with Crippen molar-refractivity contribution in [1.82, 2.24) is 0 Å². The molecular weight excluding hydrogens is 194 g/mol. The van der Waals surface area contributed by atoms with Crippen LogP contribution in [0, 0.1) is 29.4 Å². The first-order valence-corrected chi connectivity index (χ1v) is 5.06. The fourth-order valence-corrected chi connectivity index (χ4v) is 1.36. The molecule has 0 spiro atoms. The third-order valence-corrected chi connectivity index (χ3v) is 2.08. The number of rotatable bonds is 2. The first kappa shape index (κ1) is 11.7. The molecule has 1 atom stereocenters. The largest absolute Gasteiger partial charge is 0.204 e. The molecule has 0 heterocycles. The van der Waals surface area contributed by atoms with Crippen molar-refractivity contribution in [2.24, 2.45) is 5.92 Å². The molecule has 2 heteroatoms. The maximum absolute atomic E-state index is 13.3. The van der Waals surface area contributed by atoms with Gasteiger partial charge >= 0.3 is 0 Å². The van der Waals surface area contributed by atoms with Crippen molar-refractivity contribution in [2.45, 2.75) is 26.7 Å². The summed E-state index contributed by atoms with van der Waals surface area (Å²) >= 11 is 0. The molecule has 0 aliphatic rings. The maximum atomic E-state index is 13.3. The first-order valence-electron chi connectivity index (χ1n) is 5.06. The Morgan fingerprint density at radius 1 is 1.33 bits per heavy atom. The smallest absolute Gasteiger partial charge is 0.162 e. The molecule has 80 valence electrons. The molecular formula is C13H14F2. The van der Waals surface area contributed by atoms with Crippen LogP contribution >= 0.6 is 0 Å². The molecule has 1 aromatic carbocycles. The van der Waals surface area contributed by atoms with Crippen molar-refractivity contribution in [1.29, 1.82) is 0 Å². The van der Waals surface area contributed by atoms with Crippen molar-refractivity contribution < 1.29 is 8.78 Å². The van der Waals surface area contributed by atoms with Crippen LogP contribution in [-0.4, -0.2) is 0 Å². The average Bonchev–Trinajstić information content (AvgIpc) is 2.22. The lowest BCUT2D eigenvalue weighted by atomic mass is 10.0.